The van der Waals surface area contributed by atoms with Crippen LogP contribution in [0, 0.1) is 30.1 Å². The molecule has 1 N–H and O–H groups in total. The predicted molar refractivity (Wildman–Crippen MR) is 71.3 cm³/mol. The minimum atomic E-state index is 0.0493. The van der Waals surface area contributed by atoms with Crippen LogP contribution in [0.15, 0.2) is 22.7 Å². The van der Waals surface area contributed by atoms with Crippen molar-refractivity contribution < 1.29 is 0 Å². The maximum absolute atomic E-state index is 8.99. The van der Waals surface area contributed by atoms with Crippen molar-refractivity contribution in [2.24, 2.45) is 11.8 Å². The van der Waals surface area contributed by atoms with E-state index < -0.39 is 0 Å². The van der Waals surface area contributed by atoms with E-state index in [4.69, 9.17) is 5.26 Å². The summed E-state index contributed by atoms with van der Waals surface area (Å²) in [5, 5.41) is 12.3. The average molecular weight is 281 g/mol. The Labute approximate surface area is 106 Å². The molecular weight excluding hydrogens is 264 g/mol. The van der Waals surface area contributed by atoms with Crippen LogP contribution in [0.2, 0.25) is 0 Å². The molecule has 0 spiro atoms. The van der Waals surface area contributed by atoms with Crippen molar-refractivity contribution in [1.29, 1.82) is 5.26 Å². The summed E-state index contributed by atoms with van der Waals surface area (Å²) < 4.78 is 1.05. The highest BCUT2D eigenvalue weighted by atomic mass is 79.9. The second kappa shape index (κ2) is 5.91. The number of hydrogen-bond acceptors (Lipinski definition) is 2. The third-order valence-electron chi connectivity index (χ3n) is 2.61. The first-order valence-electron chi connectivity index (χ1n) is 5.44. The van der Waals surface area contributed by atoms with Crippen LogP contribution in [0.5, 0.6) is 0 Å². The van der Waals surface area contributed by atoms with Crippen molar-refractivity contribution >= 4 is 21.6 Å². The number of nitrogens with one attached hydrogen (secondary N) is 1. The van der Waals surface area contributed by atoms with E-state index in [1.54, 1.807) is 0 Å². The van der Waals surface area contributed by atoms with Gasteiger partial charge in [0, 0.05) is 16.7 Å². The SMILES string of the molecule is Cc1ccc(NCC(C#N)C(C)C)c(Br)c1. The highest BCUT2D eigenvalue weighted by Gasteiger charge is 2.12. The molecule has 0 bridgehead atoms. The van der Waals surface area contributed by atoms with Gasteiger partial charge in [-0.1, -0.05) is 19.9 Å². The third kappa shape index (κ3) is 3.53. The van der Waals surface area contributed by atoms with E-state index in [2.05, 4.69) is 60.2 Å². The summed E-state index contributed by atoms with van der Waals surface area (Å²) >= 11 is 3.51. The number of halogens is 1. The Kier molecular flexibility index (Phi) is 4.82. The Morgan fingerprint density at radius 1 is 1.44 bits per heavy atom. The van der Waals surface area contributed by atoms with Crippen LogP contribution < -0.4 is 5.32 Å². The molecule has 1 rings (SSSR count). The number of nitrogens with zero attached hydrogens (tertiary/aromatic N) is 1. The van der Waals surface area contributed by atoms with Crippen molar-refractivity contribution in [3.63, 3.8) is 0 Å². The van der Waals surface area contributed by atoms with Crippen LogP contribution in [0.25, 0.3) is 0 Å². The number of benzene rings is 1. The lowest BCUT2D eigenvalue weighted by Crippen LogP contribution is -2.18. The zero-order valence-electron chi connectivity index (χ0n) is 9.92. The number of aryl methyl sites for hydroxylation is 1. The molecule has 16 heavy (non-hydrogen) atoms. The van der Waals surface area contributed by atoms with Crippen molar-refractivity contribution in [1.82, 2.24) is 0 Å². The lowest BCUT2D eigenvalue weighted by molar-refractivity contribution is 0.496. The Hall–Kier alpha value is -1.01. The van der Waals surface area contributed by atoms with Gasteiger partial charge in [-0.25, -0.2) is 0 Å². The number of nitriles is 1. The lowest BCUT2D eigenvalue weighted by atomic mass is 9.97. The molecule has 0 aliphatic rings. The van der Waals surface area contributed by atoms with Gasteiger partial charge in [0.2, 0.25) is 0 Å². The summed E-state index contributed by atoms with van der Waals surface area (Å²) in [6.45, 7) is 6.88. The fraction of sp³-hybridized carbons (Fsp3) is 0.462. The van der Waals surface area contributed by atoms with E-state index in [-0.39, 0.29) is 5.92 Å². The molecule has 0 amide bonds. The molecule has 2 nitrogen and oxygen atoms in total. The summed E-state index contributed by atoms with van der Waals surface area (Å²) in [5.41, 5.74) is 2.27. The van der Waals surface area contributed by atoms with Crippen LogP contribution in [0.3, 0.4) is 0 Å². The molecule has 0 aliphatic carbocycles. The standard InChI is InChI=1S/C13H17BrN2/c1-9(2)11(7-15)8-16-13-5-4-10(3)6-12(13)14/h4-6,9,11,16H,8H2,1-3H3. The molecule has 86 valence electrons. The Morgan fingerprint density at radius 2 is 2.12 bits per heavy atom. The van der Waals surface area contributed by atoms with Crippen molar-refractivity contribution in [3.8, 4) is 6.07 Å². The van der Waals surface area contributed by atoms with Gasteiger partial charge in [-0.2, -0.15) is 5.26 Å². The molecular formula is C13H17BrN2. The molecule has 1 aromatic carbocycles. The topological polar surface area (TPSA) is 35.8 Å². The number of anilines is 1. The molecule has 0 radical (unpaired) electrons. The van der Waals surface area contributed by atoms with Crippen LogP contribution in [-0.4, -0.2) is 6.54 Å². The van der Waals surface area contributed by atoms with Crippen LogP contribution in [0.4, 0.5) is 5.69 Å². The fourth-order valence-corrected chi connectivity index (χ4v) is 2.05. The third-order valence-corrected chi connectivity index (χ3v) is 3.26. The van der Waals surface area contributed by atoms with Gasteiger partial charge in [-0.15, -0.1) is 0 Å². The molecule has 0 heterocycles. The first kappa shape index (κ1) is 13.1. The highest BCUT2D eigenvalue weighted by Crippen LogP contribution is 2.24. The van der Waals surface area contributed by atoms with Gasteiger partial charge in [0.15, 0.2) is 0 Å². The van der Waals surface area contributed by atoms with E-state index in [0.717, 1.165) is 10.2 Å². The van der Waals surface area contributed by atoms with Crippen LogP contribution in [0.1, 0.15) is 19.4 Å². The quantitative estimate of drug-likeness (QED) is 0.906. The highest BCUT2D eigenvalue weighted by molar-refractivity contribution is 9.10. The molecule has 0 aliphatic heterocycles. The van der Waals surface area contributed by atoms with Crippen molar-refractivity contribution in [3.05, 3.63) is 28.2 Å². The Bertz CT molecular complexity index is 393. The molecule has 3 heteroatoms. The lowest BCUT2D eigenvalue weighted by Gasteiger charge is -2.15. The average Bonchev–Trinajstić information content (AvgIpc) is 2.21. The molecule has 0 saturated heterocycles. The van der Waals surface area contributed by atoms with Gasteiger partial charge in [-0.05, 0) is 46.5 Å². The molecule has 1 atom stereocenters. The number of hydrogen-bond donors (Lipinski definition) is 1. The maximum atomic E-state index is 8.99. The van der Waals surface area contributed by atoms with E-state index in [9.17, 15) is 0 Å². The zero-order valence-corrected chi connectivity index (χ0v) is 11.5. The molecule has 0 fully saturated rings. The van der Waals surface area contributed by atoms with Gasteiger partial charge < -0.3 is 5.32 Å². The van der Waals surface area contributed by atoms with Gasteiger partial charge >= 0.3 is 0 Å². The summed E-state index contributed by atoms with van der Waals surface area (Å²) in [4.78, 5) is 0. The largest absolute Gasteiger partial charge is 0.383 e. The maximum Gasteiger partial charge on any atom is 0.0677 e. The molecule has 0 saturated carbocycles. The predicted octanol–water partition coefficient (Wildman–Crippen LogP) is 3.97. The fourth-order valence-electron chi connectivity index (χ4n) is 1.41. The smallest absolute Gasteiger partial charge is 0.0677 e. The van der Waals surface area contributed by atoms with E-state index in [1.165, 1.54) is 5.56 Å². The van der Waals surface area contributed by atoms with Crippen molar-refractivity contribution in [2.75, 3.05) is 11.9 Å². The Balaban J connectivity index is 2.64. The first-order valence-corrected chi connectivity index (χ1v) is 6.23. The van der Waals surface area contributed by atoms with Crippen LogP contribution in [-0.2, 0) is 0 Å². The zero-order chi connectivity index (χ0) is 12.1. The summed E-state index contributed by atoms with van der Waals surface area (Å²) in [6.07, 6.45) is 0. The van der Waals surface area contributed by atoms with Crippen LogP contribution >= 0.6 is 15.9 Å². The van der Waals surface area contributed by atoms with E-state index in [0.29, 0.717) is 12.5 Å². The van der Waals surface area contributed by atoms with Gasteiger partial charge in [0.05, 0.1) is 12.0 Å². The number of rotatable bonds is 4. The monoisotopic (exact) mass is 280 g/mol. The normalized spacial score (nSPS) is 12.2. The first-order chi connectivity index (χ1) is 7.54. The van der Waals surface area contributed by atoms with E-state index in [1.807, 2.05) is 6.07 Å². The van der Waals surface area contributed by atoms with Gasteiger partial charge in [0.1, 0.15) is 0 Å². The summed E-state index contributed by atoms with van der Waals surface area (Å²) in [6, 6.07) is 8.49. The molecule has 0 aromatic heterocycles. The summed E-state index contributed by atoms with van der Waals surface area (Å²) in [5.74, 6) is 0.426. The minimum Gasteiger partial charge on any atom is -0.383 e. The van der Waals surface area contributed by atoms with Gasteiger partial charge in [-0.3, -0.25) is 0 Å². The molecule has 1 unspecified atom stereocenters. The second-order valence-corrected chi connectivity index (χ2v) is 5.20. The minimum absolute atomic E-state index is 0.0493. The Morgan fingerprint density at radius 3 is 2.62 bits per heavy atom. The second-order valence-electron chi connectivity index (χ2n) is 4.34. The molecule has 1 aromatic rings. The van der Waals surface area contributed by atoms with E-state index >= 15 is 0 Å². The summed E-state index contributed by atoms with van der Waals surface area (Å²) in [7, 11) is 0. The van der Waals surface area contributed by atoms with Gasteiger partial charge in [0.25, 0.3) is 0 Å². The van der Waals surface area contributed by atoms with Crippen molar-refractivity contribution in [2.45, 2.75) is 20.8 Å².